The maximum Gasteiger partial charge on any atom is 0.238 e. The van der Waals surface area contributed by atoms with Crippen LogP contribution in [0.3, 0.4) is 0 Å². The number of fused-ring (bicyclic) bond motifs is 1. The average molecular weight is 370 g/mol. The van der Waals surface area contributed by atoms with E-state index in [0.717, 1.165) is 45.6 Å². The summed E-state index contributed by atoms with van der Waals surface area (Å²) in [5.74, 6) is -0.178. The summed E-state index contributed by atoms with van der Waals surface area (Å²) in [4.78, 5) is 20.6. The Labute approximate surface area is 160 Å². The summed E-state index contributed by atoms with van der Waals surface area (Å²) in [6.07, 6.45) is 1.59. The van der Waals surface area contributed by atoms with Gasteiger partial charge in [-0.05, 0) is 37.8 Å². The van der Waals surface area contributed by atoms with Crippen LogP contribution in [-0.2, 0) is 16.1 Å². The van der Waals surface area contributed by atoms with E-state index in [4.69, 9.17) is 10.5 Å². The van der Waals surface area contributed by atoms with Crippen LogP contribution in [0.15, 0.2) is 18.2 Å². The van der Waals surface area contributed by atoms with Crippen molar-refractivity contribution in [2.24, 2.45) is 5.73 Å². The number of carbonyl (C=O) groups excluding carboxylic acids is 1. The molecule has 6 heteroatoms. The Kier molecular flexibility index (Phi) is 4.97. The molecule has 0 bridgehead atoms. The molecule has 3 heterocycles. The van der Waals surface area contributed by atoms with Crippen LogP contribution in [0.5, 0.6) is 0 Å². The number of nitrogens with two attached hydrogens (primary N) is 1. The molecule has 27 heavy (non-hydrogen) atoms. The summed E-state index contributed by atoms with van der Waals surface area (Å²) >= 11 is 0. The number of benzene rings is 1. The van der Waals surface area contributed by atoms with Crippen LogP contribution in [0.1, 0.15) is 29.7 Å². The molecule has 4 rings (SSSR count). The highest BCUT2D eigenvalue weighted by molar-refractivity contribution is 5.87. The van der Waals surface area contributed by atoms with Gasteiger partial charge in [0, 0.05) is 49.3 Å². The molecule has 1 aromatic carbocycles. The first-order chi connectivity index (χ1) is 13.0. The van der Waals surface area contributed by atoms with Crippen molar-refractivity contribution in [2.75, 3.05) is 39.4 Å². The van der Waals surface area contributed by atoms with Gasteiger partial charge in [0.1, 0.15) is 5.54 Å². The van der Waals surface area contributed by atoms with E-state index in [1.54, 1.807) is 0 Å². The van der Waals surface area contributed by atoms with Crippen molar-refractivity contribution >= 4 is 16.8 Å². The van der Waals surface area contributed by atoms with Crippen LogP contribution in [0.2, 0.25) is 0 Å². The number of rotatable bonds is 4. The zero-order valence-electron chi connectivity index (χ0n) is 16.4. The monoisotopic (exact) mass is 370 g/mol. The van der Waals surface area contributed by atoms with Gasteiger partial charge in [0.25, 0.3) is 0 Å². The van der Waals surface area contributed by atoms with Gasteiger partial charge in [0.15, 0.2) is 0 Å². The molecule has 2 saturated heterocycles. The maximum atomic E-state index is 12.4. The van der Waals surface area contributed by atoms with E-state index < -0.39 is 5.54 Å². The molecule has 2 aromatic rings. The Morgan fingerprint density at radius 1 is 1.19 bits per heavy atom. The third-order valence-corrected chi connectivity index (χ3v) is 6.50. The first-order valence-corrected chi connectivity index (χ1v) is 9.93. The number of aryl methyl sites for hydroxylation is 2. The molecule has 0 radical (unpaired) electrons. The van der Waals surface area contributed by atoms with Gasteiger partial charge >= 0.3 is 0 Å². The number of carbonyl (C=O) groups is 1. The molecule has 6 nitrogen and oxygen atoms in total. The van der Waals surface area contributed by atoms with Gasteiger partial charge in [0.2, 0.25) is 5.91 Å². The number of nitrogens with one attached hydrogen (secondary N) is 1. The molecule has 146 valence electrons. The SMILES string of the molecule is Cc1[nH]c2c(C)cccc2c1CN1CCC(C(N)=O)(N2CCOCC2)CC1. The van der Waals surface area contributed by atoms with Crippen LogP contribution in [0.4, 0.5) is 0 Å². The number of aromatic amines is 1. The topological polar surface area (TPSA) is 74.6 Å². The van der Waals surface area contributed by atoms with Gasteiger partial charge in [-0.3, -0.25) is 14.6 Å². The molecule has 2 aliphatic heterocycles. The summed E-state index contributed by atoms with van der Waals surface area (Å²) in [6.45, 7) is 9.95. The number of hydrogen-bond donors (Lipinski definition) is 2. The molecule has 0 unspecified atom stereocenters. The van der Waals surface area contributed by atoms with Crippen molar-refractivity contribution < 1.29 is 9.53 Å². The third-order valence-electron chi connectivity index (χ3n) is 6.50. The molecule has 1 amide bonds. The predicted molar refractivity (Wildman–Crippen MR) is 107 cm³/mol. The zero-order chi connectivity index (χ0) is 19.0. The summed E-state index contributed by atoms with van der Waals surface area (Å²) in [5.41, 5.74) is 10.5. The number of primary amides is 1. The molecule has 2 fully saturated rings. The van der Waals surface area contributed by atoms with E-state index in [0.29, 0.717) is 13.2 Å². The van der Waals surface area contributed by atoms with Crippen LogP contribution in [0.25, 0.3) is 10.9 Å². The van der Waals surface area contributed by atoms with E-state index in [-0.39, 0.29) is 5.91 Å². The Morgan fingerprint density at radius 3 is 2.56 bits per heavy atom. The van der Waals surface area contributed by atoms with Crippen molar-refractivity contribution in [3.8, 4) is 0 Å². The second kappa shape index (κ2) is 7.26. The highest BCUT2D eigenvalue weighted by atomic mass is 16.5. The van der Waals surface area contributed by atoms with Gasteiger partial charge in [0.05, 0.1) is 13.2 Å². The molecule has 0 saturated carbocycles. The summed E-state index contributed by atoms with van der Waals surface area (Å²) in [6, 6.07) is 6.47. The van der Waals surface area contributed by atoms with E-state index >= 15 is 0 Å². The van der Waals surface area contributed by atoms with Crippen molar-refractivity contribution in [1.29, 1.82) is 0 Å². The number of H-pyrrole nitrogens is 1. The molecule has 0 atom stereocenters. The van der Waals surface area contributed by atoms with Crippen molar-refractivity contribution in [1.82, 2.24) is 14.8 Å². The van der Waals surface area contributed by atoms with E-state index in [9.17, 15) is 4.79 Å². The normalized spacial score (nSPS) is 21.6. The Bertz CT molecular complexity index is 830. The van der Waals surface area contributed by atoms with Crippen molar-refractivity contribution in [3.05, 3.63) is 35.0 Å². The zero-order valence-corrected chi connectivity index (χ0v) is 16.4. The molecular formula is C21H30N4O2. The number of morpholine rings is 1. The number of ether oxygens (including phenoxy) is 1. The van der Waals surface area contributed by atoms with Crippen molar-refractivity contribution in [3.63, 3.8) is 0 Å². The standard InChI is InChI=1S/C21H30N4O2/c1-15-4-3-5-17-18(16(2)23-19(15)17)14-24-8-6-21(7-9-24,20(22)26)25-10-12-27-13-11-25/h3-5,23H,6-14H2,1-2H3,(H2,22,26). The lowest BCUT2D eigenvalue weighted by atomic mass is 9.84. The quantitative estimate of drug-likeness (QED) is 0.863. The molecule has 2 aliphatic rings. The molecule has 0 aliphatic carbocycles. The van der Waals surface area contributed by atoms with Gasteiger partial charge < -0.3 is 15.5 Å². The lowest BCUT2D eigenvalue weighted by molar-refractivity contribution is -0.138. The predicted octanol–water partition coefficient (Wildman–Crippen LogP) is 1.94. The van der Waals surface area contributed by atoms with Crippen LogP contribution in [-0.4, -0.2) is 65.6 Å². The number of likely N-dealkylation sites (tertiary alicyclic amines) is 1. The van der Waals surface area contributed by atoms with Gasteiger partial charge in [-0.25, -0.2) is 0 Å². The number of aromatic nitrogens is 1. The van der Waals surface area contributed by atoms with Crippen LogP contribution < -0.4 is 5.73 Å². The fourth-order valence-electron chi connectivity index (χ4n) is 4.77. The molecule has 1 aromatic heterocycles. The lowest BCUT2D eigenvalue weighted by Crippen LogP contribution is -2.64. The Balaban J connectivity index is 1.50. The first-order valence-electron chi connectivity index (χ1n) is 9.93. The smallest absolute Gasteiger partial charge is 0.238 e. The summed E-state index contributed by atoms with van der Waals surface area (Å²) < 4.78 is 5.46. The number of amides is 1. The lowest BCUT2D eigenvalue weighted by Gasteiger charge is -2.48. The number of piperidine rings is 1. The number of nitrogens with zero attached hydrogens (tertiary/aromatic N) is 2. The fraction of sp³-hybridized carbons (Fsp3) is 0.571. The Morgan fingerprint density at radius 2 is 1.89 bits per heavy atom. The average Bonchev–Trinajstić information content (AvgIpc) is 3.00. The van der Waals surface area contributed by atoms with E-state index in [1.807, 2.05) is 0 Å². The number of hydrogen-bond acceptors (Lipinski definition) is 4. The third kappa shape index (κ3) is 3.26. The molecule has 3 N–H and O–H groups in total. The molecule has 0 spiro atoms. The molecular weight excluding hydrogens is 340 g/mol. The van der Waals surface area contributed by atoms with Crippen LogP contribution in [0, 0.1) is 13.8 Å². The number of para-hydroxylation sites is 1. The first kappa shape index (κ1) is 18.5. The summed E-state index contributed by atoms with van der Waals surface area (Å²) in [5, 5.41) is 1.31. The fourth-order valence-corrected chi connectivity index (χ4v) is 4.77. The maximum absolute atomic E-state index is 12.4. The van der Waals surface area contributed by atoms with E-state index in [1.165, 1.54) is 27.7 Å². The Hall–Kier alpha value is -1.89. The minimum Gasteiger partial charge on any atom is -0.379 e. The minimum atomic E-state index is -0.508. The van der Waals surface area contributed by atoms with Crippen LogP contribution >= 0.6 is 0 Å². The van der Waals surface area contributed by atoms with Gasteiger partial charge in [-0.2, -0.15) is 0 Å². The van der Waals surface area contributed by atoms with Crippen molar-refractivity contribution in [2.45, 2.75) is 38.8 Å². The summed E-state index contributed by atoms with van der Waals surface area (Å²) in [7, 11) is 0. The highest BCUT2D eigenvalue weighted by Gasteiger charge is 2.45. The van der Waals surface area contributed by atoms with Gasteiger partial charge in [-0.15, -0.1) is 0 Å². The highest BCUT2D eigenvalue weighted by Crippen LogP contribution is 2.32. The minimum absolute atomic E-state index is 0.178. The van der Waals surface area contributed by atoms with E-state index in [2.05, 4.69) is 46.8 Å². The largest absolute Gasteiger partial charge is 0.379 e. The second-order valence-electron chi connectivity index (χ2n) is 8.00. The van der Waals surface area contributed by atoms with Gasteiger partial charge in [-0.1, -0.05) is 18.2 Å². The second-order valence-corrected chi connectivity index (χ2v) is 8.00.